The van der Waals surface area contributed by atoms with Crippen molar-refractivity contribution in [2.45, 2.75) is 0 Å². The Morgan fingerprint density at radius 1 is 0.700 bits per heavy atom. The zero-order valence-corrected chi connectivity index (χ0v) is 10.7. The van der Waals surface area contributed by atoms with E-state index in [9.17, 15) is 4.79 Å². The zero-order chi connectivity index (χ0) is 13.8. The highest BCUT2D eigenvalue weighted by atomic mass is 16.7. The summed E-state index contributed by atoms with van der Waals surface area (Å²) < 4.78 is 10.4. The molecule has 3 rings (SSSR count). The molecule has 0 atom stereocenters. The lowest BCUT2D eigenvalue weighted by molar-refractivity contribution is 0.152. The van der Waals surface area contributed by atoms with Crippen molar-refractivity contribution in [3.63, 3.8) is 0 Å². The van der Waals surface area contributed by atoms with Crippen LogP contribution in [-0.2, 0) is 0 Å². The lowest BCUT2D eigenvalue weighted by atomic mass is 10.1. The molecule has 0 aromatic heterocycles. The quantitative estimate of drug-likeness (QED) is 0.507. The number of fused-ring (bicyclic) bond motifs is 1. The Balaban J connectivity index is 1.81. The summed E-state index contributed by atoms with van der Waals surface area (Å²) >= 11 is 0. The molecule has 0 saturated carbocycles. The number of hydrogen-bond acceptors (Lipinski definition) is 3. The maximum atomic E-state index is 11.8. The third-order valence-electron chi connectivity index (χ3n) is 2.89. The van der Waals surface area contributed by atoms with Crippen molar-refractivity contribution in [1.29, 1.82) is 0 Å². The monoisotopic (exact) mass is 264 g/mol. The summed E-state index contributed by atoms with van der Waals surface area (Å²) in [5, 5.41) is 1.89. The predicted molar refractivity (Wildman–Crippen MR) is 77.0 cm³/mol. The molecule has 0 aliphatic heterocycles. The van der Waals surface area contributed by atoms with Gasteiger partial charge in [0.05, 0.1) is 0 Å². The van der Waals surface area contributed by atoms with Crippen molar-refractivity contribution in [3.05, 3.63) is 72.8 Å². The van der Waals surface area contributed by atoms with Gasteiger partial charge in [-0.1, -0.05) is 54.6 Å². The molecule has 20 heavy (non-hydrogen) atoms. The van der Waals surface area contributed by atoms with E-state index >= 15 is 0 Å². The third-order valence-corrected chi connectivity index (χ3v) is 2.89. The molecule has 0 saturated heterocycles. The molecule has 0 amide bonds. The first-order chi connectivity index (χ1) is 9.83. The van der Waals surface area contributed by atoms with Gasteiger partial charge in [0.15, 0.2) is 0 Å². The minimum absolute atomic E-state index is 0.456. The van der Waals surface area contributed by atoms with Crippen LogP contribution in [0.15, 0.2) is 72.8 Å². The number of rotatable bonds is 2. The fourth-order valence-electron chi connectivity index (χ4n) is 1.98. The number of hydrogen-bond donors (Lipinski definition) is 0. The van der Waals surface area contributed by atoms with Gasteiger partial charge in [0.2, 0.25) is 0 Å². The van der Waals surface area contributed by atoms with Gasteiger partial charge >= 0.3 is 6.16 Å². The second kappa shape index (κ2) is 5.45. The molecule has 0 spiro atoms. The average Bonchev–Trinajstić information content (AvgIpc) is 2.48. The fraction of sp³-hybridized carbons (Fsp3) is 0. The largest absolute Gasteiger partial charge is 0.519 e. The van der Waals surface area contributed by atoms with E-state index in [0.29, 0.717) is 11.5 Å². The molecular formula is C17H12O3. The highest BCUT2D eigenvalue weighted by Crippen LogP contribution is 2.25. The molecule has 3 aromatic rings. The summed E-state index contributed by atoms with van der Waals surface area (Å²) in [6.45, 7) is 0. The molecule has 98 valence electrons. The van der Waals surface area contributed by atoms with E-state index < -0.39 is 6.16 Å². The van der Waals surface area contributed by atoms with Gasteiger partial charge in [-0.25, -0.2) is 4.79 Å². The molecule has 3 heteroatoms. The van der Waals surface area contributed by atoms with Crippen LogP contribution >= 0.6 is 0 Å². The first kappa shape index (κ1) is 12.2. The Kier molecular flexibility index (Phi) is 3.33. The predicted octanol–water partition coefficient (Wildman–Crippen LogP) is 4.42. The van der Waals surface area contributed by atoms with E-state index in [1.165, 1.54) is 0 Å². The number of carbonyl (C=O) groups is 1. The van der Waals surface area contributed by atoms with E-state index in [1.54, 1.807) is 30.3 Å². The molecule has 0 fully saturated rings. The van der Waals surface area contributed by atoms with Gasteiger partial charge in [-0.15, -0.1) is 0 Å². The van der Waals surface area contributed by atoms with Gasteiger partial charge in [-0.2, -0.15) is 0 Å². The molecule has 0 aliphatic carbocycles. The minimum Gasteiger partial charge on any atom is -0.395 e. The summed E-state index contributed by atoms with van der Waals surface area (Å²) in [5.41, 5.74) is 0. The SMILES string of the molecule is O=C(Oc1ccccc1)Oc1cccc2ccccc12. The molecule has 0 aliphatic rings. The van der Waals surface area contributed by atoms with Crippen molar-refractivity contribution in [2.24, 2.45) is 0 Å². The maximum absolute atomic E-state index is 11.8. The second-order valence-electron chi connectivity index (χ2n) is 4.24. The Bertz CT molecular complexity index is 730. The molecule has 0 bridgehead atoms. The summed E-state index contributed by atoms with van der Waals surface area (Å²) in [5.74, 6) is 0.946. The standard InChI is InChI=1S/C17H12O3/c18-17(19-14-9-2-1-3-10-14)20-16-12-6-8-13-7-4-5-11-15(13)16/h1-12H. The maximum Gasteiger partial charge on any atom is 0.519 e. The van der Waals surface area contributed by atoms with Crippen LogP contribution in [0, 0.1) is 0 Å². The van der Waals surface area contributed by atoms with E-state index in [4.69, 9.17) is 9.47 Å². The fourth-order valence-corrected chi connectivity index (χ4v) is 1.98. The topological polar surface area (TPSA) is 35.5 Å². The first-order valence-corrected chi connectivity index (χ1v) is 6.25. The lowest BCUT2D eigenvalue weighted by Crippen LogP contribution is -2.13. The lowest BCUT2D eigenvalue weighted by Gasteiger charge is -2.07. The number of ether oxygens (including phenoxy) is 2. The van der Waals surface area contributed by atoms with Crippen LogP contribution < -0.4 is 9.47 Å². The Hall–Kier alpha value is -2.81. The zero-order valence-electron chi connectivity index (χ0n) is 10.7. The van der Waals surface area contributed by atoms with E-state index in [2.05, 4.69) is 0 Å². The van der Waals surface area contributed by atoms with Gasteiger partial charge in [-0.05, 0) is 23.6 Å². The van der Waals surface area contributed by atoms with E-state index in [-0.39, 0.29) is 0 Å². The third kappa shape index (κ3) is 2.62. The van der Waals surface area contributed by atoms with E-state index in [0.717, 1.165) is 10.8 Å². The van der Waals surface area contributed by atoms with Gasteiger partial charge < -0.3 is 9.47 Å². The van der Waals surface area contributed by atoms with Crippen LogP contribution in [0.3, 0.4) is 0 Å². The first-order valence-electron chi connectivity index (χ1n) is 6.25. The normalized spacial score (nSPS) is 10.2. The van der Waals surface area contributed by atoms with Gasteiger partial charge in [0.25, 0.3) is 0 Å². The highest BCUT2D eigenvalue weighted by Gasteiger charge is 2.09. The van der Waals surface area contributed by atoms with Crippen LogP contribution in [0.5, 0.6) is 11.5 Å². The molecule has 0 N–H and O–H groups in total. The number of benzene rings is 3. The van der Waals surface area contributed by atoms with Crippen molar-refractivity contribution in [2.75, 3.05) is 0 Å². The van der Waals surface area contributed by atoms with Crippen LogP contribution in [0.2, 0.25) is 0 Å². The molecule has 0 radical (unpaired) electrons. The Morgan fingerprint density at radius 2 is 1.40 bits per heavy atom. The van der Waals surface area contributed by atoms with Crippen molar-refractivity contribution in [3.8, 4) is 11.5 Å². The smallest absolute Gasteiger partial charge is 0.395 e. The molecular weight excluding hydrogens is 252 g/mol. The summed E-state index contributed by atoms with van der Waals surface area (Å²) in [6, 6.07) is 22.1. The Labute approximate surface area is 116 Å². The van der Waals surface area contributed by atoms with Gasteiger partial charge in [0, 0.05) is 5.39 Å². The Morgan fingerprint density at radius 3 is 2.25 bits per heavy atom. The van der Waals surface area contributed by atoms with Crippen molar-refractivity contribution < 1.29 is 14.3 Å². The number of carbonyl (C=O) groups excluding carboxylic acids is 1. The van der Waals surface area contributed by atoms with Gasteiger partial charge in [0.1, 0.15) is 11.5 Å². The van der Waals surface area contributed by atoms with Crippen LogP contribution in [-0.4, -0.2) is 6.16 Å². The highest BCUT2D eigenvalue weighted by molar-refractivity contribution is 5.89. The van der Waals surface area contributed by atoms with Crippen molar-refractivity contribution in [1.82, 2.24) is 0 Å². The molecule has 0 unspecified atom stereocenters. The second-order valence-corrected chi connectivity index (χ2v) is 4.24. The minimum atomic E-state index is -0.743. The van der Waals surface area contributed by atoms with Crippen LogP contribution in [0.1, 0.15) is 0 Å². The average molecular weight is 264 g/mol. The van der Waals surface area contributed by atoms with Crippen LogP contribution in [0.4, 0.5) is 4.79 Å². The summed E-state index contributed by atoms with van der Waals surface area (Å²) in [7, 11) is 0. The number of para-hydroxylation sites is 1. The summed E-state index contributed by atoms with van der Waals surface area (Å²) in [6.07, 6.45) is -0.743. The van der Waals surface area contributed by atoms with Gasteiger partial charge in [-0.3, -0.25) is 0 Å². The summed E-state index contributed by atoms with van der Waals surface area (Å²) in [4.78, 5) is 11.8. The molecule has 0 heterocycles. The molecule has 3 nitrogen and oxygen atoms in total. The van der Waals surface area contributed by atoms with Crippen LogP contribution in [0.25, 0.3) is 10.8 Å². The van der Waals surface area contributed by atoms with E-state index in [1.807, 2.05) is 42.5 Å². The van der Waals surface area contributed by atoms with Crippen molar-refractivity contribution >= 4 is 16.9 Å². The molecule has 3 aromatic carbocycles.